The quantitative estimate of drug-likeness (QED) is 0.733. The predicted octanol–water partition coefficient (Wildman–Crippen LogP) is 2.89. The number of hydrogen-bond acceptors (Lipinski definition) is 5. The first-order valence-corrected chi connectivity index (χ1v) is 10.1. The van der Waals surface area contributed by atoms with Gasteiger partial charge >= 0.3 is 5.97 Å². The highest BCUT2D eigenvalue weighted by atomic mass is 35.5. The topological polar surface area (TPSA) is 63.7 Å². The van der Waals surface area contributed by atoms with Gasteiger partial charge in [0.15, 0.2) is 0 Å². The normalized spacial score (nSPS) is 19.6. The van der Waals surface area contributed by atoms with Gasteiger partial charge in [-0.1, -0.05) is 23.2 Å². The highest BCUT2D eigenvalue weighted by molar-refractivity contribution is 8.00. The van der Waals surface area contributed by atoms with E-state index in [0.717, 1.165) is 0 Å². The zero-order valence-electron chi connectivity index (χ0n) is 12.9. The van der Waals surface area contributed by atoms with E-state index in [2.05, 4.69) is 0 Å². The summed E-state index contributed by atoms with van der Waals surface area (Å²) in [6.07, 6.45) is 0. The summed E-state index contributed by atoms with van der Waals surface area (Å²) in [5, 5.41) is -0.0241. The Hall–Kier alpha value is -0.470. The first-order chi connectivity index (χ1) is 10.7. The molecule has 5 nitrogen and oxygen atoms in total. The second kappa shape index (κ2) is 7.19. The molecule has 0 unspecified atom stereocenters. The molecule has 1 saturated heterocycles. The van der Waals surface area contributed by atoms with Crippen molar-refractivity contribution in [2.24, 2.45) is 0 Å². The van der Waals surface area contributed by atoms with Gasteiger partial charge in [0.05, 0.1) is 12.1 Å². The first kappa shape index (κ1) is 18.9. The van der Waals surface area contributed by atoms with Gasteiger partial charge in [0.1, 0.15) is 10.1 Å². The monoisotopic (exact) mass is 397 g/mol. The summed E-state index contributed by atoms with van der Waals surface area (Å²) in [6.45, 7) is 3.69. The first-order valence-electron chi connectivity index (χ1n) is 6.85. The summed E-state index contributed by atoms with van der Waals surface area (Å²) in [5.74, 6) is 0.0786. The van der Waals surface area contributed by atoms with Gasteiger partial charge in [0, 0.05) is 23.9 Å². The van der Waals surface area contributed by atoms with Crippen molar-refractivity contribution in [3.8, 4) is 0 Å². The number of benzene rings is 1. The highest BCUT2D eigenvalue weighted by Gasteiger charge is 2.36. The minimum atomic E-state index is -3.85. The number of sulfonamides is 1. The zero-order chi connectivity index (χ0) is 17.4. The zero-order valence-corrected chi connectivity index (χ0v) is 16.1. The van der Waals surface area contributed by atoms with E-state index in [9.17, 15) is 13.2 Å². The summed E-state index contributed by atoms with van der Waals surface area (Å²) >= 11 is 13.7. The number of rotatable bonds is 3. The van der Waals surface area contributed by atoms with Crippen LogP contribution in [-0.2, 0) is 19.6 Å². The van der Waals surface area contributed by atoms with Crippen LogP contribution in [0.3, 0.4) is 0 Å². The standard InChI is InChI=1S/C14H17Cl2NO4S2/c1-8-6-10(15)9(2)13(12(8)16)23(19,20)17-4-5-22-11(7-17)14(18)21-3/h6,11H,4-5,7H2,1-3H3/t11-/m0/s1. The number of carbonyl (C=O) groups is 1. The molecular weight excluding hydrogens is 381 g/mol. The van der Waals surface area contributed by atoms with E-state index in [1.54, 1.807) is 19.9 Å². The lowest BCUT2D eigenvalue weighted by molar-refractivity contribution is -0.140. The summed E-state index contributed by atoms with van der Waals surface area (Å²) in [6, 6.07) is 1.64. The summed E-state index contributed by atoms with van der Waals surface area (Å²) in [7, 11) is -2.56. The SMILES string of the molecule is COC(=O)[C@@H]1CN(S(=O)(=O)c2c(C)c(Cl)cc(C)c2Cl)CCS1. The molecule has 0 amide bonds. The number of hydrogen-bond donors (Lipinski definition) is 0. The lowest BCUT2D eigenvalue weighted by Crippen LogP contribution is -2.45. The van der Waals surface area contributed by atoms with Crippen molar-refractivity contribution >= 4 is 51.0 Å². The molecule has 1 aromatic rings. The summed E-state index contributed by atoms with van der Waals surface area (Å²) in [5.41, 5.74) is 1.01. The third kappa shape index (κ3) is 3.64. The molecule has 1 aliphatic rings. The molecule has 128 valence electrons. The van der Waals surface area contributed by atoms with Gasteiger partial charge in [-0.15, -0.1) is 11.8 Å². The number of methoxy groups -OCH3 is 1. The maximum atomic E-state index is 13.0. The van der Waals surface area contributed by atoms with Gasteiger partial charge < -0.3 is 4.74 Å². The molecule has 0 bridgehead atoms. The lowest BCUT2D eigenvalue weighted by Gasteiger charge is -2.31. The Morgan fingerprint density at radius 3 is 2.65 bits per heavy atom. The van der Waals surface area contributed by atoms with E-state index in [0.29, 0.717) is 28.4 Å². The van der Waals surface area contributed by atoms with Crippen LogP contribution >= 0.6 is 35.0 Å². The molecule has 0 aliphatic carbocycles. The van der Waals surface area contributed by atoms with Crippen LogP contribution in [0.15, 0.2) is 11.0 Å². The van der Waals surface area contributed by atoms with Crippen LogP contribution in [0.25, 0.3) is 0 Å². The van der Waals surface area contributed by atoms with Gasteiger partial charge in [-0.3, -0.25) is 4.79 Å². The number of thioether (sulfide) groups is 1. The van der Waals surface area contributed by atoms with Crippen LogP contribution in [0.2, 0.25) is 10.0 Å². The number of carbonyl (C=O) groups excluding carboxylic acids is 1. The molecule has 9 heteroatoms. The number of aryl methyl sites for hydroxylation is 1. The average molecular weight is 398 g/mol. The molecule has 1 aliphatic heterocycles. The summed E-state index contributed by atoms with van der Waals surface area (Å²) in [4.78, 5) is 11.7. The molecule has 0 aromatic heterocycles. The minimum Gasteiger partial charge on any atom is -0.468 e. The summed E-state index contributed by atoms with van der Waals surface area (Å²) < 4.78 is 32.0. The van der Waals surface area contributed by atoms with E-state index in [4.69, 9.17) is 27.9 Å². The van der Waals surface area contributed by atoms with Crippen LogP contribution in [0.4, 0.5) is 0 Å². The lowest BCUT2D eigenvalue weighted by atomic mass is 10.2. The average Bonchev–Trinajstić information content (AvgIpc) is 2.52. The van der Waals surface area contributed by atoms with Gasteiger partial charge in [0.25, 0.3) is 0 Å². The van der Waals surface area contributed by atoms with Crippen LogP contribution < -0.4 is 0 Å². The third-order valence-electron chi connectivity index (χ3n) is 3.68. The third-order valence-corrected chi connectivity index (χ3v) is 7.87. The second-order valence-corrected chi connectivity index (χ2v) is 9.16. The molecule has 0 saturated carbocycles. The van der Waals surface area contributed by atoms with Gasteiger partial charge in [-0.25, -0.2) is 8.42 Å². The van der Waals surface area contributed by atoms with E-state index >= 15 is 0 Å². The highest BCUT2D eigenvalue weighted by Crippen LogP contribution is 2.36. The fourth-order valence-electron chi connectivity index (χ4n) is 2.37. The van der Waals surface area contributed by atoms with E-state index < -0.39 is 21.2 Å². The number of nitrogens with zero attached hydrogens (tertiary/aromatic N) is 1. The van der Waals surface area contributed by atoms with Crippen molar-refractivity contribution in [3.05, 3.63) is 27.2 Å². The minimum absolute atomic E-state index is 0.0136. The van der Waals surface area contributed by atoms with Gasteiger partial charge in [-0.2, -0.15) is 4.31 Å². The molecule has 0 N–H and O–H groups in total. The molecule has 0 spiro atoms. The fraction of sp³-hybridized carbons (Fsp3) is 0.500. The van der Waals surface area contributed by atoms with Crippen molar-refractivity contribution in [1.82, 2.24) is 4.31 Å². The Kier molecular flexibility index (Phi) is 5.90. The van der Waals surface area contributed by atoms with E-state index in [-0.39, 0.29) is 16.5 Å². The Morgan fingerprint density at radius 1 is 1.39 bits per heavy atom. The van der Waals surface area contributed by atoms with Crippen LogP contribution in [0.5, 0.6) is 0 Å². The Morgan fingerprint density at radius 2 is 2.04 bits per heavy atom. The van der Waals surface area contributed by atoms with Gasteiger partial charge in [0.2, 0.25) is 10.0 Å². The fourth-order valence-corrected chi connectivity index (χ4v) is 6.33. The Labute approximate surface area is 150 Å². The van der Waals surface area contributed by atoms with Gasteiger partial charge in [-0.05, 0) is 31.0 Å². The van der Waals surface area contributed by atoms with Crippen molar-refractivity contribution in [2.45, 2.75) is 24.0 Å². The van der Waals surface area contributed by atoms with Crippen molar-refractivity contribution in [1.29, 1.82) is 0 Å². The molecule has 1 fully saturated rings. The molecule has 0 radical (unpaired) electrons. The predicted molar refractivity (Wildman–Crippen MR) is 93.0 cm³/mol. The smallest absolute Gasteiger partial charge is 0.320 e. The second-order valence-electron chi connectivity index (χ2n) is 5.19. The maximum Gasteiger partial charge on any atom is 0.320 e. The van der Waals surface area contributed by atoms with Crippen molar-refractivity contribution < 1.29 is 17.9 Å². The van der Waals surface area contributed by atoms with Crippen molar-refractivity contribution in [2.75, 3.05) is 26.0 Å². The molecule has 1 atom stereocenters. The molecule has 1 heterocycles. The number of halogens is 2. The van der Waals surface area contributed by atoms with Crippen LogP contribution in [0.1, 0.15) is 11.1 Å². The molecular formula is C14H17Cl2NO4S2. The molecule has 1 aromatic carbocycles. The van der Waals surface area contributed by atoms with Crippen molar-refractivity contribution in [3.63, 3.8) is 0 Å². The number of esters is 1. The van der Waals surface area contributed by atoms with Crippen LogP contribution in [0, 0.1) is 13.8 Å². The van der Waals surface area contributed by atoms with Crippen LogP contribution in [-0.4, -0.2) is 49.9 Å². The Balaban J connectivity index is 2.45. The largest absolute Gasteiger partial charge is 0.468 e. The maximum absolute atomic E-state index is 13.0. The number of ether oxygens (including phenoxy) is 1. The van der Waals surface area contributed by atoms with E-state index in [1.165, 1.54) is 23.2 Å². The molecule has 2 rings (SSSR count). The molecule has 23 heavy (non-hydrogen) atoms. The van der Waals surface area contributed by atoms with E-state index in [1.807, 2.05) is 0 Å². The Bertz CT molecular complexity index is 711.